The normalized spacial score (nSPS) is 16.3. The van der Waals surface area contributed by atoms with Crippen LogP contribution in [0.25, 0.3) is 11.0 Å². The van der Waals surface area contributed by atoms with Gasteiger partial charge in [-0.05, 0) is 48.6 Å². The van der Waals surface area contributed by atoms with Gasteiger partial charge >= 0.3 is 0 Å². The van der Waals surface area contributed by atoms with E-state index >= 15 is 0 Å². The summed E-state index contributed by atoms with van der Waals surface area (Å²) in [5.41, 5.74) is 3.23. The van der Waals surface area contributed by atoms with Crippen LogP contribution in [0.4, 0.5) is 0 Å². The smallest absolute Gasteiger partial charge is 0.232 e. The average molecular weight is 301 g/mol. The van der Waals surface area contributed by atoms with E-state index in [4.69, 9.17) is 0 Å². The molecule has 0 amide bonds. The topological polar surface area (TPSA) is 72.8 Å². The molecule has 5 nitrogen and oxygen atoms in total. The summed E-state index contributed by atoms with van der Waals surface area (Å²) in [7, 11) is 0. The number of aromatic nitrogens is 3. The van der Waals surface area contributed by atoms with Crippen LogP contribution in [0, 0.1) is 0 Å². The zero-order valence-electron chi connectivity index (χ0n) is 12.1. The molecule has 0 aliphatic heterocycles. The molecule has 2 aliphatic carbocycles. The third-order valence-electron chi connectivity index (χ3n) is 4.43. The molecular weight excluding hydrogens is 290 g/mol. The number of nitrogens with zero attached hydrogens (tertiary/aromatic N) is 3. The molecule has 5 rings (SSSR count). The van der Waals surface area contributed by atoms with Gasteiger partial charge in [-0.25, -0.2) is 9.97 Å². The Morgan fingerprint density at radius 1 is 0.870 bits per heavy atom. The zero-order chi connectivity index (χ0) is 15.6. The molecule has 0 spiro atoms. The Kier molecular flexibility index (Phi) is 2.34. The van der Waals surface area contributed by atoms with Crippen LogP contribution < -0.4 is 0 Å². The van der Waals surface area contributed by atoms with Gasteiger partial charge in [-0.1, -0.05) is 6.07 Å². The largest absolute Gasteiger partial charge is 0.287 e. The van der Waals surface area contributed by atoms with Gasteiger partial charge in [0.2, 0.25) is 11.6 Å². The van der Waals surface area contributed by atoms with Crippen LogP contribution in [0.1, 0.15) is 56.6 Å². The van der Waals surface area contributed by atoms with Crippen LogP contribution in [0.2, 0.25) is 0 Å². The lowest BCUT2D eigenvalue weighted by Crippen LogP contribution is -2.25. The molecule has 23 heavy (non-hydrogen) atoms. The average Bonchev–Trinajstić information content (AvgIpc) is 3.43. The highest BCUT2D eigenvalue weighted by molar-refractivity contribution is 6.26. The van der Waals surface area contributed by atoms with Gasteiger partial charge < -0.3 is 0 Å². The number of ketones is 2. The second-order valence-electron chi connectivity index (χ2n) is 6.00. The predicted octanol–water partition coefficient (Wildman–Crippen LogP) is 2.68. The Bertz CT molecular complexity index is 1020. The van der Waals surface area contributed by atoms with Crippen LogP contribution in [-0.4, -0.2) is 26.5 Å². The monoisotopic (exact) mass is 301 g/mol. The highest BCUT2D eigenvalue weighted by Gasteiger charge is 2.34. The maximum absolute atomic E-state index is 12.6. The van der Waals surface area contributed by atoms with Gasteiger partial charge in [0.25, 0.3) is 0 Å². The minimum atomic E-state index is -0.332. The van der Waals surface area contributed by atoms with E-state index < -0.39 is 0 Å². The molecule has 2 heterocycles. The Morgan fingerprint density at radius 2 is 1.65 bits per heavy atom. The van der Waals surface area contributed by atoms with Crippen LogP contribution in [0.15, 0.2) is 36.5 Å². The summed E-state index contributed by atoms with van der Waals surface area (Å²) in [4.78, 5) is 38.1. The van der Waals surface area contributed by atoms with Gasteiger partial charge in [0.15, 0.2) is 0 Å². The molecule has 0 atom stereocenters. The highest BCUT2D eigenvalue weighted by Crippen LogP contribution is 2.40. The van der Waals surface area contributed by atoms with Crippen molar-refractivity contribution in [3.05, 3.63) is 64.7 Å². The van der Waals surface area contributed by atoms with Gasteiger partial charge in [-0.3, -0.25) is 14.6 Å². The lowest BCUT2D eigenvalue weighted by Gasteiger charge is -2.15. The Balaban J connectivity index is 1.76. The fourth-order valence-electron chi connectivity index (χ4n) is 3.07. The molecule has 110 valence electrons. The maximum atomic E-state index is 12.6. The number of benzene rings is 1. The highest BCUT2D eigenvalue weighted by atomic mass is 16.1. The minimum Gasteiger partial charge on any atom is -0.287 e. The molecule has 2 aliphatic rings. The summed E-state index contributed by atoms with van der Waals surface area (Å²) in [6.07, 6.45) is 3.89. The molecular formula is C18H11N3O2. The number of pyridine rings is 1. The zero-order valence-corrected chi connectivity index (χ0v) is 12.1. The second-order valence-corrected chi connectivity index (χ2v) is 6.00. The van der Waals surface area contributed by atoms with E-state index in [0.717, 1.165) is 0 Å². The fraction of sp³-hybridized carbons (Fsp3) is 0.167. The van der Waals surface area contributed by atoms with Crippen LogP contribution in [0.3, 0.4) is 0 Å². The SMILES string of the molecule is O=C1c2cccnc2C(=O)c2nc3cc(C4CC4)ccc3nc21. The molecule has 1 saturated carbocycles. The van der Waals surface area contributed by atoms with Crippen molar-refractivity contribution in [3.63, 3.8) is 0 Å². The predicted molar refractivity (Wildman–Crippen MR) is 82.6 cm³/mol. The number of hydrogen-bond acceptors (Lipinski definition) is 5. The van der Waals surface area contributed by atoms with Crippen LogP contribution in [0.5, 0.6) is 0 Å². The number of carbonyl (C=O) groups excluding carboxylic acids is 2. The number of carbonyl (C=O) groups is 2. The first-order valence-electron chi connectivity index (χ1n) is 7.58. The summed E-state index contributed by atoms with van der Waals surface area (Å²) >= 11 is 0. The summed E-state index contributed by atoms with van der Waals surface area (Å²) in [6, 6.07) is 9.14. The van der Waals surface area contributed by atoms with E-state index in [1.165, 1.54) is 24.6 Å². The van der Waals surface area contributed by atoms with Crippen molar-refractivity contribution in [1.82, 2.24) is 15.0 Å². The molecule has 0 N–H and O–H groups in total. The summed E-state index contributed by atoms with van der Waals surface area (Å²) < 4.78 is 0. The van der Waals surface area contributed by atoms with Gasteiger partial charge in [0, 0.05) is 6.20 Å². The van der Waals surface area contributed by atoms with E-state index in [9.17, 15) is 9.59 Å². The van der Waals surface area contributed by atoms with Crippen molar-refractivity contribution in [1.29, 1.82) is 0 Å². The van der Waals surface area contributed by atoms with Crippen LogP contribution in [-0.2, 0) is 0 Å². The minimum absolute atomic E-state index is 0.113. The molecule has 3 aromatic rings. The van der Waals surface area contributed by atoms with Crippen molar-refractivity contribution in [2.75, 3.05) is 0 Å². The summed E-state index contributed by atoms with van der Waals surface area (Å²) in [5, 5.41) is 0. The fourth-order valence-corrected chi connectivity index (χ4v) is 3.07. The second kappa shape index (κ2) is 4.29. The van der Waals surface area contributed by atoms with E-state index in [1.807, 2.05) is 18.2 Å². The van der Waals surface area contributed by atoms with Gasteiger partial charge in [0.05, 0.1) is 16.6 Å². The van der Waals surface area contributed by atoms with Crippen molar-refractivity contribution in [3.8, 4) is 0 Å². The lowest BCUT2D eigenvalue weighted by molar-refractivity contribution is 0.0968. The Morgan fingerprint density at radius 3 is 2.48 bits per heavy atom. The van der Waals surface area contributed by atoms with Gasteiger partial charge in [-0.15, -0.1) is 0 Å². The molecule has 2 aromatic heterocycles. The Hall–Kier alpha value is -2.95. The first kappa shape index (κ1) is 12.6. The number of hydrogen-bond donors (Lipinski definition) is 0. The molecule has 1 aromatic carbocycles. The first-order valence-corrected chi connectivity index (χ1v) is 7.58. The number of rotatable bonds is 1. The lowest BCUT2D eigenvalue weighted by atomic mass is 9.93. The van der Waals surface area contributed by atoms with Gasteiger partial charge in [0.1, 0.15) is 17.1 Å². The standard InChI is InChI=1S/C18H11N3O2/c22-17-11-2-1-7-19-14(11)18(23)16-15(17)20-12-6-5-10(9-3-4-9)8-13(12)21-16/h1-2,5-9H,3-4H2. The van der Waals surface area contributed by atoms with Crippen molar-refractivity contribution >= 4 is 22.6 Å². The van der Waals surface area contributed by atoms with E-state index in [0.29, 0.717) is 22.5 Å². The van der Waals surface area contributed by atoms with Crippen molar-refractivity contribution in [2.24, 2.45) is 0 Å². The number of fused-ring (bicyclic) bond motifs is 3. The summed E-state index contributed by atoms with van der Waals surface area (Å²) in [6.45, 7) is 0. The molecule has 0 bridgehead atoms. The summed E-state index contributed by atoms with van der Waals surface area (Å²) in [5.74, 6) is -0.0262. The molecule has 0 radical (unpaired) electrons. The molecule has 0 unspecified atom stereocenters. The van der Waals surface area contributed by atoms with Crippen molar-refractivity contribution < 1.29 is 9.59 Å². The van der Waals surface area contributed by atoms with Crippen molar-refractivity contribution in [2.45, 2.75) is 18.8 Å². The molecule has 1 fully saturated rings. The quantitative estimate of drug-likeness (QED) is 0.540. The van der Waals surface area contributed by atoms with Crippen LogP contribution >= 0.6 is 0 Å². The molecule has 5 heteroatoms. The third kappa shape index (κ3) is 1.76. The van der Waals surface area contributed by atoms with E-state index in [2.05, 4.69) is 15.0 Å². The van der Waals surface area contributed by atoms with Gasteiger partial charge in [-0.2, -0.15) is 0 Å². The Labute approximate surface area is 131 Å². The first-order chi connectivity index (χ1) is 11.2. The third-order valence-corrected chi connectivity index (χ3v) is 4.43. The maximum Gasteiger partial charge on any atom is 0.232 e. The van der Waals surface area contributed by atoms with E-state index in [1.54, 1.807) is 12.1 Å². The molecule has 0 saturated heterocycles. The van der Waals surface area contributed by atoms with E-state index in [-0.39, 0.29) is 28.6 Å².